The number of rotatable bonds is 6. The first-order valence-electron chi connectivity index (χ1n) is 8.12. The Morgan fingerprint density at radius 1 is 1.10 bits per heavy atom. The second kappa shape index (κ2) is 8.72. The van der Waals surface area contributed by atoms with Crippen LogP contribution in [-0.2, 0) is 0 Å². The number of aromatic nitrogens is 3. The maximum absolute atomic E-state index is 12.2. The van der Waals surface area contributed by atoms with Crippen LogP contribution in [0.15, 0.2) is 41.4 Å². The Morgan fingerprint density at radius 3 is 2.52 bits per heavy atom. The van der Waals surface area contributed by atoms with Gasteiger partial charge in [-0.1, -0.05) is 29.3 Å². The molecule has 3 rings (SSSR count). The van der Waals surface area contributed by atoms with Crippen molar-refractivity contribution < 1.29 is 15.0 Å². The van der Waals surface area contributed by atoms with Crippen molar-refractivity contribution >= 4 is 53.0 Å². The fraction of sp³-hybridized carbons (Fsp3) is 0.0556. The van der Waals surface area contributed by atoms with Gasteiger partial charge in [-0.25, -0.2) is 4.99 Å². The molecule has 0 fully saturated rings. The Morgan fingerprint density at radius 2 is 1.83 bits per heavy atom. The van der Waals surface area contributed by atoms with E-state index in [0.717, 1.165) is 6.07 Å². The Labute approximate surface area is 174 Å². The summed E-state index contributed by atoms with van der Waals surface area (Å²) in [5.41, 5.74) is 6.36. The molecule has 0 bridgehead atoms. The van der Waals surface area contributed by atoms with E-state index in [0.29, 0.717) is 15.6 Å². The highest BCUT2D eigenvalue weighted by atomic mass is 35.5. The maximum atomic E-state index is 12.2. The molecule has 0 amide bonds. The number of nitrogen functional groups attached to an aromatic ring is 1. The van der Waals surface area contributed by atoms with Gasteiger partial charge >= 0.3 is 0 Å². The number of anilines is 2. The molecule has 0 saturated heterocycles. The second-order valence-corrected chi connectivity index (χ2v) is 6.51. The standard InChI is InChI=1S/C18H14Cl2N6O3/c19-11-2-1-3-12(20)10(11)7-22-17-24-16(21)25-18(26-17)23-8-15(29)9-4-5-13(27)14(28)6-9/h1-7,27-28H,8H2,(H3,21,23,24,25,26). The van der Waals surface area contributed by atoms with Gasteiger partial charge in [0.25, 0.3) is 5.95 Å². The van der Waals surface area contributed by atoms with E-state index < -0.39 is 5.75 Å². The van der Waals surface area contributed by atoms with Gasteiger partial charge in [0, 0.05) is 17.3 Å². The van der Waals surface area contributed by atoms with E-state index in [9.17, 15) is 15.0 Å². The van der Waals surface area contributed by atoms with Gasteiger partial charge in [-0.3, -0.25) is 4.79 Å². The number of nitrogens with one attached hydrogen (secondary N) is 1. The SMILES string of the molecule is Nc1nc(N=Cc2c(Cl)cccc2Cl)nc(NCC(=O)c2ccc(O)c(O)c2)n1. The average Bonchev–Trinajstić information content (AvgIpc) is 2.67. The quantitative estimate of drug-likeness (QED) is 0.263. The maximum Gasteiger partial charge on any atom is 0.255 e. The van der Waals surface area contributed by atoms with Gasteiger partial charge < -0.3 is 21.3 Å². The predicted octanol–water partition coefficient (Wildman–Crippen LogP) is 3.22. The van der Waals surface area contributed by atoms with Crippen molar-refractivity contribution in [1.82, 2.24) is 15.0 Å². The molecule has 0 aliphatic heterocycles. The summed E-state index contributed by atoms with van der Waals surface area (Å²) < 4.78 is 0. The topological polar surface area (TPSA) is 147 Å². The van der Waals surface area contributed by atoms with Gasteiger partial charge in [0.2, 0.25) is 11.9 Å². The number of ketones is 1. The van der Waals surface area contributed by atoms with Crippen molar-refractivity contribution in [2.75, 3.05) is 17.6 Å². The molecular weight excluding hydrogens is 419 g/mol. The van der Waals surface area contributed by atoms with Crippen LogP contribution in [0.1, 0.15) is 15.9 Å². The zero-order valence-electron chi connectivity index (χ0n) is 14.7. The Hall–Kier alpha value is -3.43. The van der Waals surface area contributed by atoms with Crippen LogP contribution in [0.2, 0.25) is 10.0 Å². The first-order chi connectivity index (χ1) is 13.8. The Balaban J connectivity index is 1.74. The number of aromatic hydroxyl groups is 2. The first-order valence-corrected chi connectivity index (χ1v) is 8.88. The third-order valence-electron chi connectivity index (χ3n) is 3.65. The minimum absolute atomic E-state index is 0.00860. The Bertz CT molecular complexity index is 1090. The van der Waals surface area contributed by atoms with E-state index in [1.165, 1.54) is 18.3 Å². The molecule has 0 aliphatic carbocycles. The van der Waals surface area contributed by atoms with E-state index in [2.05, 4.69) is 25.3 Å². The third kappa shape index (κ3) is 5.09. The highest BCUT2D eigenvalue weighted by Gasteiger charge is 2.11. The molecule has 1 heterocycles. The molecule has 11 heteroatoms. The summed E-state index contributed by atoms with van der Waals surface area (Å²) >= 11 is 12.2. The minimum Gasteiger partial charge on any atom is -0.504 e. The third-order valence-corrected chi connectivity index (χ3v) is 4.31. The van der Waals surface area contributed by atoms with Crippen molar-refractivity contribution in [3.63, 3.8) is 0 Å². The number of nitrogens with two attached hydrogens (primary N) is 1. The molecular formula is C18H14Cl2N6O3. The number of Topliss-reactive ketones (excluding diaryl/α,β-unsaturated/α-hetero) is 1. The number of phenolic OH excluding ortho intramolecular Hbond substituents is 2. The molecule has 2 aromatic carbocycles. The lowest BCUT2D eigenvalue weighted by molar-refractivity contribution is 0.101. The summed E-state index contributed by atoms with van der Waals surface area (Å²) in [6.07, 6.45) is 1.40. The van der Waals surface area contributed by atoms with Crippen LogP contribution in [0, 0.1) is 0 Å². The zero-order valence-corrected chi connectivity index (χ0v) is 16.2. The van der Waals surface area contributed by atoms with E-state index in [1.807, 2.05) is 0 Å². The molecule has 0 spiro atoms. The van der Waals surface area contributed by atoms with Crippen LogP contribution in [0.5, 0.6) is 11.5 Å². The molecule has 3 aromatic rings. The zero-order chi connectivity index (χ0) is 21.0. The number of hydrogen-bond acceptors (Lipinski definition) is 9. The molecule has 0 atom stereocenters. The second-order valence-electron chi connectivity index (χ2n) is 5.69. The molecule has 0 unspecified atom stereocenters. The van der Waals surface area contributed by atoms with Crippen LogP contribution in [0.25, 0.3) is 0 Å². The first kappa shape index (κ1) is 20.3. The number of nitrogens with zero attached hydrogens (tertiary/aromatic N) is 4. The molecule has 0 saturated carbocycles. The highest BCUT2D eigenvalue weighted by molar-refractivity contribution is 6.38. The van der Waals surface area contributed by atoms with Crippen molar-refractivity contribution in [2.45, 2.75) is 0 Å². The van der Waals surface area contributed by atoms with Crippen molar-refractivity contribution in [3.8, 4) is 11.5 Å². The van der Waals surface area contributed by atoms with Gasteiger partial charge in [-0.05, 0) is 30.3 Å². The van der Waals surface area contributed by atoms with E-state index in [-0.39, 0.29) is 41.5 Å². The summed E-state index contributed by atoms with van der Waals surface area (Å²) in [6.45, 7) is -0.187. The summed E-state index contributed by atoms with van der Waals surface area (Å²) in [6, 6.07) is 8.78. The fourth-order valence-corrected chi connectivity index (χ4v) is 2.73. The lowest BCUT2D eigenvalue weighted by Gasteiger charge is -2.06. The van der Waals surface area contributed by atoms with Gasteiger partial charge in [0.1, 0.15) is 0 Å². The van der Waals surface area contributed by atoms with Crippen molar-refractivity contribution in [2.24, 2.45) is 4.99 Å². The molecule has 0 aliphatic rings. The van der Waals surface area contributed by atoms with E-state index in [1.54, 1.807) is 18.2 Å². The van der Waals surface area contributed by atoms with Crippen LogP contribution in [0.3, 0.4) is 0 Å². The summed E-state index contributed by atoms with van der Waals surface area (Å²) in [5, 5.41) is 22.3. The minimum atomic E-state index is -0.393. The number of phenols is 2. The van der Waals surface area contributed by atoms with E-state index >= 15 is 0 Å². The lowest BCUT2D eigenvalue weighted by Crippen LogP contribution is -2.16. The van der Waals surface area contributed by atoms with Crippen molar-refractivity contribution in [1.29, 1.82) is 0 Å². The van der Waals surface area contributed by atoms with Crippen molar-refractivity contribution in [3.05, 3.63) is 57.6 Å². The molecule has 5 N–H and O–H groups in total. The lowest BCUT2D eigenvalue weighted by atomic mass is 10.1. The summed E-state index contributed by atoms with van der Waals surface area (Å²) in [4.78, 5) is 28.2. The number of benzene rings is 2. The molecule has 1 aromatic heterocycles. The molecule has 0 radical (unpaired) electrons. The number of halogens is 2. The smallest absolute Gasteiger partial charge is 0.255 e. The number of hydrogen-bond donors (Lipinski definition) is 4. The molecule has 29 heavy (non-hydrogen) atoms. The predicted molar refractivity (Wildman–Crippen MR) is 111 cm³/mol. The number of aliphatic imine (C=N–C) groups is 1. The monoisotopic (exact) mass is 432 g/mol. The number of carbonyl (C=O) groups is 1. The van der Waals surface area contributed by atoms with Crippen LogP contribution in [0.4, 0.5) is 17.8 Å². The van der Waals surface area contributed by atoms with Crippen LogP contribution in [-0.4, -0.2) is 43.7 Å². The largest absolute Gasteiger partial charge is 0.504 e. The fourth-order valence-electron chi connectivity index (χ4n) is 2.23. The van der Waals surface area contributed by atoms with Gasteiger partial charge in [-0.2, -0.15) is 15.0 Å². The average molecular weight is 433 g/mol. The Kier molecular flexibility index (Phi) is 6.10. The van der Waals surface area contributed by atoms with Crippen LogP contribution < -0.4 is 11.1 Å². The van der Waals surface area contributed by atoms with Crippen LogP contribution >= 0.6 is 23.2 Å². The summed E-state index contributed by atoms with van der Waals surface area (Å²) in [5.74, 6) is -1.16. The van der Waals surface area contributed by atoms with Gasteiger partial charge in [0.15, 0.2) is 17.3 Å². The normalized spacial score (nSPS) is 11.0. The highest BCUT2D eigenvalue weighted by Crippen LogP contribution is 2.25. The molecule has 148 valence electrons. The summed E-state index contributed by atoms with van der Waals surface area (Å²) in [7, 11) is 0. The molecule has 9 nitrogen and oxygen atoms in total. The van der Waals surface area contributed by atoms with Gasteiger partial charge in [-0.15, -0.1) is 0 Å². The van der Waals surface area contributed by atoms with E-state index in [4.69, 9.17) is 28.9 Å². The number of carbonyl (C=O) groups excluding carboxylic acids is 1. The van der Waals surface area contributed by atoms with Gasteiger partial charge in [0.05, 0.1) is 16.6 Å².